The number of nitro groups is 1. The average Bonchev–Trinajstić information content (AvgIpc) is 3.33. The first-order valence-corrected chi connectivity index (χ1v) is 11.8. The average molecular weight is 511 g/mol. The third kappa shape index (κ3) is 5.67. The van der Waals surface area contributed by atoms with E-state index in [0.717, 1.165) is 6.07 Å². The van der Waals surface area contributed by atoms with E-state index in [1.165, 1.54) is 49.7 Å². The van der Waals surface area contributed by atoms with Crippen LogP contribution in [-0.2, 0) is 10.0 Å². The highest BCUT2D eigenvalue weighted by atomic mass is 32.2. The zero-order valence-corrected chi connectivity index (χ0v) is 19.5. The molecule has 1 heterocycles. The Balaban J connectivity index is 1.49. The Morgan fingerprint density at radius 2 is 1.75 bits per heavy atom. The van der Waals surface area contributed by atoms with Crippen molar-refractivity contribution in [3.05, 3.63) is 101 Å². The molecule has 3 aromatic carbocycles. The minimum Gasteiger partial charge on any atom is -0.497 e. The minimum atomic E-state index is -4.10. The van der Waals surface area contributed by atoms with Crippen molar-refractivity contribution in [2.24, 2.45) is 5.10 Å². The predicted octanol–water partition coefficient (Wildman–Crippen LogP) is 5.25. The molecular formula is C24H19FN4O6S. The van der Waals surface area contributed by atoms with E-state index in [1.807, 2.05) is 0 Å². The number of nitro benzene ring substituents is 1. The Labute approximate surface area is 205 Å². The van der Waals surface area contributed by atoms with E-state index < -0.39 is 20.6 Å². The molecular weight excluding hydrogens is 491 g/mol. The highest BCUT2D eigenvalue weighted by molar-refractivity contribution is 7.92. The number of sulfonamides is 1. The molecule has 0 aliphatic carbocycles. The van der Waals surface area contributed by atoms with Crippen LogP contribution >= 0.6 is 0 Å². The molecule has 0 aliphatic heterocycles. The summed E-state index contributed by atoms with van der Waals surface area (Å²) in [6, 6.07) is 18.6. The summed E-state index contributed by atoms with van der Waals surface area (Å²) in [5.41, 5.74) is 2.95. The number of ether oxygens (including phenoxy) is 1. The Morgan fingerprint density at radius 3 is 2.42 bits per heavy atom. The Bertz CT molecular complexity index is 1520. The summed E-state index contributed by atoms with van der Waals surface area (Å²) < 4.78 is 51.6. The second-order valence-electron chi connectivity index (χ2n) is 7.35. The van der Waals surface area contributed by atoms with Gasteiger partial charge in [-0.05, 0) is 72.8 Å². The quantitative estimate of drug-likeness (QED) is 0.178. The molecule has 0 fully saturated rings. The molecule has 2 N–H and O–H groups in total. The number of hydrogen-bond donors (Lipinski definition) is 2. The predicted molar refractivity (Wildman–Crippen MR) is 132 cm³/mol. The number of rotatable bonds is 9. The standard InChI is InChI=1S/C24H19FN4O6S/c1-34-19-8-6-18(7-9-19)28-36(32,33)21-11-12-22(23(14-21)29(30)31)27-26-15-20-10-13-24(35-20)16-2-4-17(25)5-3-16/h2-15,27-28H,1H3/b26-15+. The zero-order valence-electron chi connectivity index (χ0n) is 18.7. The third-order valence-corrected chi connectivity index (χ3v) is 6.33. The van der Waals surface area contributed by atoms with Gasteiger partial charge in [-0.2, -0.15) is 5.10 Å². The number of hydrazone groups is 1. The molecule has 0 aliphatic rings. The maximum Gasteiger partial charge on any atom is 0.295 e. The molecule has 12 heteroatoms. The highest BCUT2D eigenvalue weighted by Crippen LogP contribution is 2.29. The molecule has 4 rings (SSSR count). The van der Waals surface area contributed by atoms with E-state index in [4.69, 9.17) is 9.15 Å². The second-order valence-corrected chi connectivity index (χ2v) is 9.03. The first-order valence-electron chi connectivity index (χ1n) is 10.4. The molecule has 0 amide bonds. The Kier molecular flexibility index (Phi) is 6.97. The van der Waals surface area contributed by atoms with E-state index >= 15 is 0 Å². The fraction of sp³-hybridized carbons (Fsp3) is 0.0417. The van der Waals surface area contributed by atoms with Crippen molar-refractivity contribution in [3.8, 4) is 17.1 Å². The lowest BCUT2D eigenvalue weighted by atomic mass is 10.2. The summed E-state index contributed by atoms with van der Waals surface area (Å²) in [7, 11) is -2.61. The maximum absolute atomic E-state index is 13.1. The van der Waals surface area contributed by atoms with E-state index in [1.54, 1.807) is 36.4 Å². The van der Waals surface area contributed by atoms with Crippen LogP contribution in [0, 0.1) is 15.9 Å². The molecule has 0 saturated carbocycles. The molecule has 184 valence electrons. The van der Waals surface area contributed by atoms with Gasteiger partial charge in [-0.1, -0.05) is 0 Å². The van der Waals surface area contributed by atoms with Crippen molar-refractivity contribution in [2.45, 2.75) is 4.90 Å². The molecule has 4 aromatic rings. The zero-order chi connectivity index (χ0) is 25.7. The summed E-state index contributed by atoms with van der Waals surface area (Å²) in [5, 5.41) is 15.5. The van der Waals surface area contributed by atoms with Crippen LogP contribution in [0.4, 0.5) is 21.5 Å². The number of halogens is 1. The van der Waals surface area contributed by atoms with Gasteiger partial charge in [0.05, 0.1) is 23.1 Å². The number of anilines is 2. The molecule has 0 saturated heterocycles. The van der Waals surface area contributed by atoms with Gasteiger partial charge < -0.3 is 9.15 Å². The Morgan fingerprint density at radius 1 is 1.03 bits per heavy atom. The topological polar surface area (TPSA) is 136 Å². The SMILES string of the molecule is COc1ccc(NS(=O)(=O)c2ccc(N/N=C/c3ccc(-c4ccc(F)cc4)o3)c([N+](=O)[O-])c2)cc1. The van der Waals surface area contributed by atoms with Crippen LogP contribution in [-0.4, -0.2) is 26.7 Å². The first-order chi connectivity index (χ1) is 17.2. The minimum absolute atomic E-state index is 0.0232. The molecule has 0 atom stereocenters. The lowest BCUT2D eigenvalue weighted by Crippen LogP contribution is -2.13. The van der Waals surface area contributed by atoms with Crippen LogP contribution < -0.4 is 14.9 Å². The molecule has 0 radical (unpaired) electrons. The maximum atomic E-state index is 13.1. The summed E-state index contributed by atoms with van der Waals surface area (Å²) >= 11 is 0. The van der Waals surface area contributed by atoms with Crippen molar-refractivity contribution >= 4 is 33.3 Å². The van der Waals surface area contributed by atoms with E-state index in [9.17, 15) is 22.9 Å². The molecule has 10 nitrogen and oxygen atoms in total. The second kappa shape index (κ2) is 10.3. The van der Waals surface area contributed by atoms with Gasteiger partial charge in [0, 0.05) is 17.3 Å². The van der Waals surface area contributed by atoms with Gasteiger partial charge in [0.25, 0.3) is 15.7 Å². The monoisotopic (exact) mass is 510 g/mol. The number of furan rings is 1. The van der Waals surface area contributed by atoms with Gasteiger partial charge in [-0.3, -0.25) is 20.3 Å². The highest BCUT2D eigenvalue weighted by Gasteiger charge is 2.21. The van der Waals surface area contributed by atoms with Crippen molar-refractivity contribution in [1.82, 2.24) is 0 Å². The van der Waals surface area contributed by atoms with Crippen molar-refractivity contribution in [2.75, 3.05) is 17.3 Å². The van der Waals surface area contributed by atoms with Gasteiger partial charge in [-0.15, -0.1) is 0 Å². The van der Waals surface area contributed by atoms with Gasteiger partial charge in [0.15, 0.2) is 0 Å². The van der Waals surface area contributed by atoms with Crippen LogP contribution in [0.1, 0.15) is 5.76 Å². The van der Waals surface area contributed by atoms with Crippen LogP contribution in [0.2, 0.25) is 0 Å². The van der Waals surface area contributed by atoms with Crippen molar-refractivity contribution < 1.29 is 26.9 Å². The van der Waals surface area contributed by atoms with Crippen molar-refractivity contribution in [3.63, 3.8) is 0 Å². The summed E-state index contributed by atoms with van der Waals surface area (Å²) in [6.07, 6.45) is 1.30. The number of methoxy groups -OCH3 is 1. The number of hydrogen-bond acceptors (Lipinski definition) is 8. The van der Waals surface area contributed by atoms with Crippen LogP contribution in [0.3, 0.4) is 0 Å². The molecule has 0 spiro atoms. The summed E-state index contributed by atoms with van der Waals surface area (Å²) in [4.78, 5) is 10.6. The Hall–Kier alpha value is -4.71. The van der Waals surface area contributed by atoms with Crippen LogP contribution in [0.25, 0.3) is 11.3 Å². The number of nitrogens with zero attached hydrogens (tertiary/aromatic N) is 2. The largest absolute Gasteiger partial charge is 0.497 e. The number of benzene rings is 3. The van der Waals surface area contributed by atoms with Crippen LogP contribution in [0.15, 0.2) is 93.3 Å². The van der Waals surface area contributed by atoms with E-state index in [0.29, 0.717) is 22.8 Å². The lowest BCUT2D eigenvalue weighted by Gasteiger charge is -2.10. The van der Waals surface area contributed by atoms with Gasteiger partial charge in [0.1, 0.15) is 28.8 Å². The first kappa shape index (κ1) is 24.4. The smallest absolute Gasteiger partial charge is 0.295 e. The summed E-state index contributed by atoms with van der Waals surface area (Å²) in [6.45, 7) is 0. The van der Waals surface area contributed by atoms with Gasteiger partial charge >= 0.3 is 0 Å². The third-order valence-electron chi connectivity index (χ3n) is 4.95. The number of nitrogens with one attached hydrogen (secondary N) is 2. The van der Waals surface area contributed by atoms with Gasteiger partial charge in [-0.25, -0.2) is 12.8 Å². The van der Waals surface area contributed by atoms with Gasteiger partial charge in [0.2, 0.25) is 0 Å². The van der Waals surface area contributed by atoms with E-state index in [2.05, 4.69) is 15.2 Å². The molecule has 1 aromatic heterocycles. The molecule has 36 heavy (non-hydrogen) atoms. The summed E-state index contributed by atoms with van der Waals surface area (Å²) in [5.74, 6) is 1.01. The van der Waals surface area contributed by atoms with Crippen molar-refractivity contribution in [1.29, 1.82) is 0 Å². The fourth-order valence-electron chi connectivity index (χ4n) is 3.15. The van der Waals surface area contributed by atoms with E-state index in [-0.39, 0.29) is 22.1 Å². The fourth-order valence-corrected chi connectivity index (χ4v) is 4.23. The normalized spacial score (nSPS) is 11.4. The lowest BCUT2D eigenvalue weighted by molar-refractivity contribution is -0.384. The molecule has 0 bridgehead atoms. The molecule has 0 unspecified atom stereocenters. The van der Waals surface area contributed by atoms with Crippen LogP contribution in [0.5, 0.6) is 5.75 Å².